The molecule has 0 fully saturated rings. The molecule has 7 nitrogen and oxygen atoms in total. The first-order chi connectivity index (χ1) is 6.19. The summed E-state index contributed by atoms with van der Waals surface area (Å²) >= 11 is 0. The molecule has 0 radical (unpaired) electrons. The molecule has 0 aromatic carbocycles. The average Bonchev–Trinajstić information content (AvgIpc) is 1.98. The third-order valence-corrected chi connectivity index (χ3v) is 1.44. The van der Waals surface area contributed by atoms with Crippen LogP contribution in [0.5, 0.6) is 0 Å². The van der Waals surface area contributed by atoms with Crippen LogP contribution in [0.3, 0.4) is 0 Å². The van der Waals surface area contributed by atoms with E-state index in [0.717, 1.165) is 0 Å². The van der Waals surface area contributed by atoms with Crippen molar-refractivity contribution < 1.29 is 39.2 Å². The summed E-state index contributed by atoms with van der Waals surface area (Å²) in [6.07, 6.45) is -1.32. The SMILES string of the molecule is O=C(O)CC(C(=O)O)C(O)(F)C(=O)O. The Hall–Kier alpha value is -1.70. The van der Waals surface area contributed by atoms with Crippen LogP contribution in [-0.4, -0.2) is 44.2 Å². The third-order valence-electron chi connectivity index (χ3n) is 1.44. The predicted molar refractivity (Wildman–Crippen MR) is 37.1 cm³/mol. The van der Waals surface area contributed by atoms with Gasteiger partial charge in [0.25, 0.3) is 0 Å². The van der Waals surface area contributed by atoms with Gasteiger partial charge in [-0.25, -0.2) is 4.79 Å². The second kappa shape index (κ2) is 4.01. The first-order valence-corrected chi connectivity index (χ1v) is 3.28. The van der Waals surface area contributed by atoms with E-state index < -0.39 is 36.1 Å². The van der Waals surface area contributed by atoms with Gasteiger partial charge in [-0.1, -0.05) is 0 Å². The highest BCUT2D eigenvalue weighted by Gasteiger charge is 2.50. The van der Waals surface area contributed by atoms with Crippen molar-refractivity contribution >= 4 is 17.9 Å². The lowest BCUT2D eigenvalue weighted by molar-refractivity contribution is -0.202. The minimum Gasteiger partial charge on any atom is -0.481 e. The Morgan fingerprint density at radius 2 is 1.64 bits per heavy atom. The number of hydrogen-bond acceptors (Lipinski definition) is 4. The van der Waals surface area contributed by atoms with Crippen molar-refractivity contribution in [2.75, 3.05) is 0 Å². The largest absolute Gasteiger partial charge is 0.481 e. The van der Waals surface area contributed by atoms with E-state index in [9.17, 15) is 18.8 Å². The molecule has 0 spiro atoms. The average molecular weight is 210 g/mol. The Balaban J connectivity index is 4.91. The van der Waals surface area contributed by atoms with Crippen LogP contribution in [0.2, 0.25) is 0 Å². The standard InChI is InChI=1S/C6H7FO7/c7-6(14,5(12)13)2(4(10)11)1-3(8)9/h2,14H,1H2,(H,8,9)(H,10,11)(H,12,13). The highest BCUT2D eigenvalue weighted by molar-refractivity contribution is 5.86. The van der Waals surface area contributed by atoms with E-state index in [1.807, 2.05) is 0 Å². The minimum atomic E-state index is -4.09. The lowest BCUT2D eigenvalue weighted by Gasteiger charge is -2.19. The summed E-state index contributed by atoms with van der Waals surface area (Å²) in [6.45, 7) is 0. The minimum absolute atomic E-state index is 1.32. The molecule has 0 aromatic heterocycles. The van der Waals surface area contributed by atoms with Crippen molar-refractivity contribution in [1.82, 2.24) is 0 Å². The van der Waals surface area contributed by atoms with E-state index >= 15 is 0 Å². The van der Waals surface area contributed by atoms with Crippen LogP contribution in [0, 0.1) is 5.92 Å². The molecule has 0 amide bonds. The molecule has 0 rings (SSSR count). The van der Waals surface area contributed by atoms with Crippen LogP contribution in [0.15, 0.2) is 0 Å². The summed E-state index contributed by atoms with van der Waals surface area (Å²) in [5.41, 5.74) is 0. The van der Waals surface area contributed by atoms with Crippen molar-refractivity contribution in [3.8, 4) is 0 Å². The van der Waals surface area contributed by atoms with Crippen molar-refractivity contribution in [3.63, 3.8) is 0 Å². The number of aliphatic hydroxyl groups is 1. The lowest BCUT2D eigenvalue weighted by Crippen LogP contribution is -2.46. The third kappa shape index (κ3) is 2.66. The van der Waals surface area contributed by atoms with Crippen LogP contribution >= 0.6 is 0 Å². The number of rotatable bonds is 5. The summed E-state index contributed by atoms with van der Waals surface area (Å²) < 4.78 is 12.8. The van der Waals surface area contributed by atoms with Crippen molar-refractivity contribution in [1.29, 1.82) is 0 Å². The van der Waals surface area contributed by atoms with E-state index in [2.05, 4.69) is 0 Å². The summed E-state index contributed by atoms with van der Waals surface area (Å²) in [5, 5.41) is 33.1. The molecule has 0 aromatic rings. The number of carboxylic acids is 3. The maximum absolute atomic E-state index is 12.8. The molecule has 0 saturated carbocycles. The highest BCUT2D eigenvalue weighted by atomic mass is 19.2. The zero-order valence-electron chi connectivity index (χ0n) is 6.68. The normalized spacial score (nSPS) is 16.7. The van der Waals surface area contributed by atoms with Crippen LogP contribution in [0.25, 0.3) is 0 Å². The quantitative estimate of drug-likeness (QED) is 0.452. The van der Waals surface area contributed by atoms with Crippen molar-refractivity contribution in [2.24, 2.45) is 5.92 Å². The molecule has 4 N–H and O–H groups in total. The fourth-order valence-electron chi connectivity index (χ4n) is 0.710. The van der Waals surface area contributed by atoms with Gasteiger partial charge in [-0.2, -0.15) is 4.39 Å². The van der Waals surface area contributed by atoms with Crippen LogP contribution < -0.4 is 0 Å². The smallest absolute Gasteiger partial charge is 0.370 e. The molecule has 0 aliphatic carbocycles. The zero-order chi connectivity index (χ0) is 11.5. The number of hydrogen-bond donors (Lipinski definition) is 4. The van der Waals surface area contributed by atoms with E-state index in [0.29, 0.717) is 0 Å². The van der Waals surface area contributed by atoms with Crippen molar-refractivity contribution in [2.45, 2.75) is 12.3 Å². The molecule has 2 unspecified atom stereocenters. The van der Waals surface area contributed by atoms with Gasteiger partial charge in [0.2, 0.25) is 0 Å². The summed E-state index contributed by atoms with van der Waals surface area (Å²) in [7, 11) is 0. The van der Waals surface area contributed by atoms with Crippen molar-refractivity contribution in [3.05, 3.63) is 0 Å². The summed E-state index contributed by atoms with van der Waals surface area (Å²) in [4.78, 5) is 30.4. The Bertz CT molecular complexity index is 271. The molecule has 0 aliphatic heterocycles. The maximum atomic E-state index is 12.8. The van der Waals surface area contributed by atoms with Gasteiger partial charge in [-0.15, -0.1) is 0 Å². The van der Waals surface area contributed by atoms with E-state index in [1.54, 1.807) is 0 Å². The van der Waals surface area contributed by atoms with Crippen LogP contribution in [0.1, 0.15) is 6.42 Å². The first-order valence-electron chi connectivity index (χ1n) is 3.28. The lowest BCUT2D eigenvalue weighted by atomic mass is 9.96. The Morgan fingerprint density at radius 1 is 1.21 bits per heavy atom. The number of aliphatic carboxylic acids is 3. The molecular weight excluding hydrogens is 203 g/mol. The number of halogens is 1. The molecule has 0 saturated heterocycles. The number of carbonyl (C=O) groups is 3. The molecule has 80 valence electrons. The number of alkyl halides is 1. The maximum Gasteiger partial charge on any atom is 0.370 e. The second-order valence-corrected chi connectivity index (χ2v) is 2.47. The Kier molecular flexibility index (Phi) is 3.52. The molecule has 8 heteroatoms. The zero-order valence-corrected chi connectivity index (χ0v) is 6.68. The molecular formula is C6H7FO7. The first kappa shape index (κ1) is 12.3. The molecule has 14 heavy (non-hydrogen) atoms. The van der Waals surface area contributed by atoms with Gasteiger partial charge in [0.1, 0.15) is 5.92 Å². The van der Waals surface area contributed by atoms with Crippen LogP contribution in [0.4, 0.5) is 4.39 Å². The van der Waals surface area contributed by atoms with Gasteiger partial charge in [0.15, 0.2) is 0 Å². The van der Waals surface area contributed by atoms with E-state index in [1.165, 1.54) is 0 Å². The topological polar surface area (TPSA) is 132 Å². The van der Waals surface area contributed by atoms with Gasteiger partial charge in [-0.05, 0) is 0 Å². The van der Waals surface area contributed by atoms with Gasteiger partial charge in [0.05, 0.1) is 6.42 Å². The summed E-state index contributed by atoms with van der Waals surface area (Å²) in [5.74, 6) is -12.8. The van der Waals surface area contributed by atoms with Gasteiger partial charge in [0, 0.05) is 0 Å². The molecule has 0 bridgehead atoms. The summed E-state index contributed by atoms with van der Waals surface area (Å²) in [6, 6.07) is 0. The fourth-order valence-corrected chi connectivity index (χ4v) is 0.710. The Labute approximate surface area is 76.4 Å². The van der Waals surface area contributed by atoms with Crippen LogP contribution in [-0.2, 0) is 14.4 Å². The molecule has 0 heterocycles. The van der Waals surface area contributed by atoms with E-state index in [4.69, 9.17) is 20.4 Å². The molecule has 2 atom stereocenters. The predicted octanol–water partition coefficient (Wildman–Crippen LogP) is -1.10. The second-order valence-electron chi connectivity index (χ2n) is 2.47. The fraction of sp³-hybridized carbons (Fsp3) is 0.500. The van der Waals surface area contributed by atoms with Gasteiger partial charge >= 0.3 is 23.8 Å². The van der Waals surface area contributed by atoms with Gasteiger partial charge in [-0.3, -0.25) is 9.59 Å². The highest BCUT2D eigenvalue weighted by Crippen LogP contribution is 2.23. The van der Waals surface area contributed by atoms with Gasteiger partial charge < -0.3 is 20.4 Å². The number of carboxylic acid groups (broad SMARTS) is 3. The Morgan fingerprint density at radius 3 is 1.86 bits per heavy atom. The van der Waals surface area contributed by atoms with E-state index in [-0.39, 0.29) is 0 Å². The molecule has 0 aliphatic rings. The monoisotopic (exact) mass is 210 g/mol.